The van der Waals surface area contributed by atoms with Crippen LogP contribution in [0.5, 0.6) is 0 Å². The fraction of sp³-hybridized carbons (Fsp3) is 0.818. The van der Waals surface area contributed by atoms with E-state index >= 15 is 0 Å². The summed E-state index contributed by atoms with van der Waals surface area (Å²) in [4.78, 5) is 22.0. The van der Waals surface area contributed by atoms with Gasteiger partial charge in [-0.2, -0.15) is 0 Å². The molecule has 0 aliphatic rings. The van der Waals surface area contributed by atoms with Gasteiger partial charge in [0, 0.05) is 0 Å². The van der Waals surface area contributed by atoms with E-state index in [1.54, 1.807) is 41.5 Å². The highest BCUT2D eigenvalue weighted by molar-refractivity contribution is 5.77. The number of hydrogen-bond acceptors (Lipinski definition) is 5. The SMILES string of the molecule is C.CC(C)(C)OC(=O)OC(=O)OC(C)(C)C. The second-order valence-corrected chi connectivity index (χ2v) is 5.03. The zero-order valence-electron chi connectivity index (χ0n) is 10.0. The predicted octanol–water partition coefficient (Wildman–Crippen LogP) is 3.51. The van der Waals surface area contributed by atoms with E-state index in [0.29, 0.717) is 0 Å². The first kappa shape index (κ1) is 17.1. The van der Waals surface area contributed by atoms with Crippen LogP contribution in [0.1, 0.15) is 49.0 Å². The number of carbonyl (C=O) groups is 2. The number of rotatable bonds is 0. The van der Waals surface area contributed by atoms with Crippen molar-refractivity contribution in [3.8, 4) is 0 Å². The lowest BCUT2D eigenvalue weighted by atomic mass is 10.2. The Morgan fingerprint density at radius 1 is 0.750 bits per heavy atom. The second-order valence-electron chi connectivity index (χ2n) is 5.03. The Kier molecular flexibility index (Phi) is 6.13. The number of hydrogen-bond donors (Lipinski definition) is 0. The van der Waals surface area contributed by atoms with Crippen LogP contribution in [-0.2, 0) is 14.2 Å². The van der Waals surface area contributed by atoms with Crippen LogP contribution in [0.4, 0.5) is 9.59 Å². The van der Waals surface area contributed by atoms with Crippen LogP contribution in [0.15, 0.2) is 0 Å². The maximum atomic E-state index is 11.0. The average molecular weight is 234 g/mol. The zero-order chi connectivity index (χ0) is 12.3. The van der Waals surface area contributed by atoms with Crippen LogP contribution >= 0.6 is 0 Å². The Morgan fingerprint density at radius 2 is 1.00 bits per heavy atom. The molecule has 0 rings (SSSR count). The molecule has 96 valence electrons. The molecular weight excluding hydrogens is 212 g/mol. The van der Waals surface area contributed by atoms with Crippen molar-refractivity contribution in [1.29, 1.82) is 0 Å². The highest BCUT2D eigenvalue weighted by Gasteiger charge is 2.24. The highest BCUT2D eigenvalue weighted by atomic mass is 16.8. The van der Waals surface area contributed by atoms with Gasteiger partial charge < -0.3 is 14.2 Å². The molecule has 0 aliphatic carbocycles. The van der Waals surface area contributed by atoms with E-state index in [1.165, 1.54) is 0 Å². The van der Waals surface area contributed by atoms with Crippen molar-refractivity contribution in [2.75, 3.05) is 0 Å². The Morgan fingerprint density at radius 3 is 1.19 bits per heavy atom. The minimum Gasteiger partial charge on any atom is -0.428 e. The summed E-state index contributed by atoms with van der Waals surface area (Å²) < 4.78 is 13.8. The van der Waals surface area contributed by atoms with E-state index < -0.39 is 23.5 Å². The largest absolute Gasteiger partial charge is 0.519 e. The lowest BCUT2D eigenvalue weighted by Gasteiger charge is -2.20. The minimum atomic E-state index is -1.06. The molecule has 0 spiro atoms. The molecule has 5 heteroatoms. The van der Waals surface area contributed by atoms with Gasteiger partial charge in [0.25, 0.3) is 0 Å². The molecule has 0 bridgehead atoms. The molecule has 0 saturated heterocycles. The van der Waals surface area contributed by atoms with Gasteiger partial charge in [0.2, 0.25) is 0 Å². The van der Waals surface area contributed by atoms with Crippen molar-refractivity contribution in [2.45, 2.75) is 60.2 Å². The van der Waals surface area contributed by atoms with Crippen molar-refractivity contribution in [3.05, 3.63) is 0 Å². The summed E-state index contributed by atoms with van der Waals surface area (Å²) in [6, 6.07) is 0. The van der Waals surface area contributed by atoms with Crippen molar-refractivity contribution >= 4 is 12.3 Å². The number of ether oxygens (including phenoxy) is 3. The van der Waals surface area contributed by atoms with Crippen LogP contribution in [-0.4, -0.2) is 23.5 Å². The highest BCUT2D eigenvalue weighted by Crippen LogP contribution is 2.11. The maximum Gasteiger partial charge on any atom is 0.519 e. The Bertz CT molecular complexity index is 218. The Balaban J connectivity index is 0. The van der Waals surface area contributed by atoms with E-state index in [9.17, 15) is 9.59 Å². The molecule has 0 N–H and O–H groups in total. The molecule has 0 radical (unpaired) electrons. The average Bonchev–Trinajstić information content (AvgIpc) is 1.73. The fourth-order valence-corrected chi connectivity index (χ4v) is 0.610. The van der Waals surface area contributed by atoms with Gasteiger partial charge in [0.1, 0.15) is 11.2 Å². The molecular formula is C11H22O5. The summed E-state index contributed by atoms with van der Waals surface area (Å²) >= 11 is 0. The Hall–Kier alpha value is -1.26. The molecule has 0 heterocycles. The smallest absolute Gasteiger partial charge is 0.428 e. The maximum absolute atomic E-state index is 11.0. The zero-order valence-corrected chi connectivity index (χ0v) is 10.0. The third-order valence-electron chi connectivity index (χ3n) is 0.946. The molecule has 0 unspecified atom stereocenters. The van der Waals surface area contributed by atoms with E-state index in [4.69, 9.17) is 9.47 Å². The summed E-state index contributed by atoms with van der Waals surface area (Å²) in [7, 11) is 0. The topological polar surface area (TPSA) is 61.8 Å². The van der Waals surface area contributed by atoms with E-state index in [-0.39, 0.29) is 7.43 Å². The monoisotopic (exact) mass is 234 g/mol. The summed E-state index contributed by atoms with van der Waals surface area (Å²) in [5, 5.41) is 0. The predicted molar refractivity (Wildman–Crippen MR) is 60.3 cm³/mol. The van der Waals surface area contributed by atoms with Gasteiger partial charge in [0.05, 0.1) is 0 Å². The van der Waals surface area contributed by atoms with Crippen LogP contribution < -0.4 is 0 Å². The molecule has 0 saturated carbocycles. The van der Waals surface area contributed by atoms with Gasteiger partial charge in [-0.3, -0.25) is 0 Å². The van der Waals surface area contributed by atoms with Gasteiger partial charge in [-0.25, -0.2) is 9.59 Å². The van der Waals surface area contributed by atoms with Gasteiger partial charge in [-0.1, -0.05) is 7.43 Å². The molecule has 0 aliphatic heterocycles. The Labute approximate surface area is 97.1 Å². The fourth-order valence-electron chi connectivity index (χ4n) is 0.610. The summed E-state index contributed by atoms with van der Waals surface area (Å²) in [6.07, 6.45) is -2.12. The first-order valence-corrected chi connectivity index (χ1v) is 4.63. The summed E-state index contributed by atoms with van der Waals surface area (Å²) in [5.41, 5.74) is -1.39. The summed E-state index contributed by atoms with van der Waals surface area (Å²) in [5.74, 6) is 0. The first-order valence-electron chi connectivity index (χ1n) is 4.63. The van der Waals surface area contributed by atoms with Crippen molar-refractivity contribution in [1.82, 2.24) is 0 Å². The molecule has 16 heavy (non-hydrogen) atoms. The second kappa shape index (κ2) is 5.72. The van der Waals surface area contributed by atoms with Crippen molar-refractivity contribution in [2.24, 2.45) is 0 Å². The van der Waals surface area contributed by atoms with Gasteiger partial charge in [0.15, 0.2) is 0 Å². The summed E-state index contributed by atoms with van der Waals surface area (Å²) in [6.45, 7) is 10.0. The molecule has 0 aromatic carbocycles. The van der Waals surface area contributed by atoms with Gasteiger partial charge in [-0.15, -0.1) is 0 Å². The third-order valence-corrected chi connectivity index (χ3v) is 0.946. The van der Waals surface area contributed by atoms with Crippen molar-refractivity contribution in [3.63, 3.8) is 0 Å². The van der Waals surface area contributed by atoms with Crippen LogP contribution in [0, 0.1) is 0 Å². The molecule has 0 aromatic rings. The van der Waals surface area contributed by atoms with E-state index in [0.717, 1.165) is 0 Å². The van der Waals surface area contributed by atoms with Crippen molar-refractivity contribution < 1.29 is 23.8 Å². The lowest BCUT2D eigenvalue weighted by Crippen LogP contribution is -2.29. The molecule has 0 fully saturated rings. The molecule has 0 atom stereocenters. The van der Waals surface area contributed by atoms with E-state index in [2.05, 4.69) is 4.74 Å². The third kappa shape index (κ3) is 10.8. The molecule has 0 amide bonds. The lowest BCUT2D eigenvalue weighted by molar-refractivity contribution is -0.0293. The van der Waals surface area contributed by atoms with E-state index in [1.807, 2.05) is 0 Å². The minimum absolute atomic E-state index is 0. The van der Waals surface area contributed by atoms with Gasteiger partial charge in [-0.05, 0) is 41.5 Å². The molecule has 5 nitrogen and oxygen atoms in total. The quantitative estimate of drug-likeness (QED) is 0.474. The van der Waals surface area contributed by atoms with Crippen LogP contribution in [0.25, 0.3) is 0 Å². The van der Waals surface area contributed by atoms with Crippen LogP contribution in [0.3, 0.4) is 0 Å². The first-order chi connectivity index (χ1) is 6.49. The standard InChI is InChI=1S/C10H18O5.CH4/c1-9(2,3)14-7(11)13-8(12)15-10(4,5)6;/h1-6H3;1H4. The normalized spacial score (nSPS) is 11.1. The van der Waals surface area contributed by atoms with Crippen LogP contribution in [0.2, 0.25) is 0 Å². The molecule has 0 aromatic heterocycles. The number of carbonyl (C=O) groups excluding carboxylic acids is 2. The van der Waals surface area contributed by atoms with Gasteiger partial charge >= 0.3 is 12.3 Å².